The normalized spacial score (nSPS) is 11.1. The molecule has 106 valence electrons. The van der Waals surface area contributed by atoms with Gasteiger partial charge in [0.05, 0.1) is 6.10 Å². The van der Waals surface area contributed by atoms with Crippen LogP contribution < -0.4 is 10.5 Å². The second kappa shape index (κ2) is 5.90. The van der Waals surface area contributed by atoms with Gasteiger partial charge in [0.2, 0.25) is 0 Å². The molecule has 1 aromatic heterocycles. The molecule has 0 radical (unpaired) electrons. The maximum absolute atomic E-state index is 5.85. The lowest BCUT2D eigenvalue weighted by molar-refractivity contribution is 0.242. The molecule has 0 unspecified atom stereocenters. The highest BCUT2D eigenvalue weighted by Crippen LogP contribution is 2.23. The highest BCUT2D eigenvalue weighted by atomic mass is 16.5. The maximum atomic E-state index is 5.85. The van der Waals surface area contributed by atoms with Gasteiger partial charge in [-0.2, -0.15) is 0 Å². The van der Waals surface area contributed by atoms with Crippen LogP contribution in [-0.4, -0.2) is 16.1 Å². The third-order valence-corrected chi connectivity index (χ3v) is 2.84. The summed E-state index contributed by atoms with van der Waals surface area (Å²) in [6.45, 7) is 8.18. The number of rotatable bonds is 4. The lowest BCUT2D eigenvalue weighted by Crippen LogP contribution is -2.05. The van der Waals surface area contributed by atoms with Crippen LogP contribution >= 0.6 is 0 Å². The van der Waals surface area contributed by atoms with Crippen LogP contribution in [0.1, 0.15) is 39.3 Å². The van der Waals surface area contributed by atoms with Crippen molar-refractivity contribution >= 4 is 5.82 Å². The average Bonchev–Trinajstić information content (AvgIpc) is 2.38. The summed E-state index contributed by atoms with van der Waals surface area (Å²) < 4.78 is 5.63. The van der Waals surface area contributed by atoms with E-state index < -0.39 is 0 Å². The highest BCUT2D eigenvalue weighted by Gasteiger charge is 2.08. The molecule has 0 atom stereocenters. The summed E-state index contributed by atoms with van der Waals surface area (Å²) >= 11 is 0. The first-order chi connectivity index (χ1) is 9.45. The predicted octanol–water partition coefficient (Wildman–Crippen LogP) is 3.64. The Balaban J connectivity index is 2.31. The van der Waals surface area contributed by atoms with E-state index in [4.69, 9.17) is 10.5 Å². The molecule has 0 aliphatic heterocycles. The SMILES string of the molecule is CC(C)Oc1ccc(-c2nc(N)cc(C(C)C)n2)cc1. The van der Waals surface area contributed by atoms with Gasteiger partial charge in [0.25, 0.3) is 0 Å². The molecule has 0 fully saturated rings. The van der Waals surface area contributed by atoms with Crippen LogP contribution in [0.5, 0.6) is 5.75 Å². The van der Waals surface area contributed by atoms with E-state index in [0.717, 1.165) is 17.0 Å². The third kappa shape index (κ3) is 3.47. The van der Waals surface area contributed by atoms with E-state index in [9.17, 15) is 0 Å². The second-order valence-electron chi connectivity index (χ2n) is 5.39. The number of ether oxygens (including phenoxy) is 1. The fourth-order valence-electron chi connectivity index (χ4n) is 1.87. The van der Waals surface area contributed by atoms with Crippen LogP contribution in [-0.2, 0) is 0 Å². The highest BCUT2D eigenvalue weighted by molar-refractivity contribution is 5.58. The molecule has 0 amide bonds. The lowest BCUT2D eigenvalue weighted by Gasteiger charge is -2.11. The molecule has 0 spiro atoms. The van der Waals surface area contributed by atoms with E-state index in [1.54, 1.807) is 0 Å². The van der Waals surface area contributed by atoms with E-state index in [1.807, 2.05) is 44.2 Å². The van der Waals surface area contributed by atoms with Gasteiger partial charge in [-0.25, -0.2) is 9.97 Å². The van der Waals surface area contributed by atoms with Crippen molar-refractivity contribution in [3.8, 4) is 17.1 Å². The van der Waals surface area contributed by atoms with Gasteiger partial charge in [-0.05, 0) is 44.0 Å². The van der Waals surface area contributed by atoms with E-state index in [0.29, 0.717) is 17.6 Å². The number of nitrogen functional groups attached to an aromatic ring is 1. The molecule has 2 aromatic rings. The predicted molar refractivity (Wildman–Crippen MR) is 81.7 cm³/mol. The third-order valence-electron chi connectivity index (χ3n) is 2.84. The molecule has 4 heteroatoms. The summed E-state index contributed by atoms with van der Waals surface area (Å²) in [5.41, 5.74) is 7.75. The van der Waals surface area contributed by atoms with Crippen molar-refractivity contribution in [3.05, 3.63) is 36.0 Å². The van der Waals surface area contributed by atoms with Gasteiger partial charge in [0.1, 0.15) is 11.6 Å². The number of nitrogens with two attached hydrogens (primary N) is 1. The first-order valence-electron chi connectivity index (χ1n) is 6.87. The number of aromatic nitrogens is 2. The average molecular weight is 271 g/mol. The topological polar surface area (TPSA) is 61.0 Å². The maximum Gasteiger partial charge on any atom is 0.161 e. The monoisotopic (exact) mass is 271 g/mol. The summed E-state index contributed by atoms with van der Waals surface area (Å²) in [5, 5.41) is 0. The van der Waals surface area contributed by atoms with Crippen LogP contribution in [0.15, 0.2) is 30.3 Å². The molecular formula is C16H21N3O. The number of anilines is 1. The summed E-state index contributed by atoms with van der Waals surface area (Å²) in [5.74, 6) is 2.32. The van der Waals surface area contributed by atoms with Crippen molar-refractivity contribution in [2.45, 2.75) is 39.7 Å². The standard InChI is InChI=1S/C16H21N3O/c1-10(2)14-9-15(17)19-16(18-14)12-5-7-13(8-6-12)20-11(3)4/h5-11H,1-4H3,(H2,17,18,19). The van der Waals surface area contributed by atoms with Gasteiger partial charge < -0.3 is 10.5 Å². The van der Waals surface area contributed by atoms with Crippen molar-refractivity contribution in [3.63, 3.8) is 0 Å². The fraction of sp³-hybridized carbons (Fsp3) is 0.375. The lowest BCUT2D eigenvalue weighted by atomic mass is 10.1. The minimum absolute atomic E-state index is 0.164. The van der Waals surface area contributed by atoms with Crippen molar-refractivity contribution in [1.82, 2.24) is 9.97 Å². The molecule has 20 heavy (non-hydrogen) atoms. The molecule has 2 rings (SSSR count). The Bertz CT molecular complexity index is 577. The van der Waals surface area contributed by atoms with Crippen LogP contribution in [0.2, 0.25) is 0 Å². The Morgan fingerprint density at radius 2 is 1.65 bits per heavy atom. The van der Waals surface area contributed by atoms with E-state index in [-0.39, 0.29) is 6.10 Å². The van der Waals surface area contributed by atoms with Crippen molar-refractivity contribution < 1.29 is 4.74 Å². The van der Waals surface area contributed by atoms with Gasteiger partial charge in [-0.1, -0.05) is 13.8 Å². The van der Waals surface area contributed by atoms with Crippen LogP contribution in [0.3, 0.4) is 0 Å². The Labute approximate surface area is 120 Å². The van der Waals surface area contributed by atoms with Crippen molar-refractivity contribution in [2.24, 2.45) is 0 Å². The van der Waals surface area contributed by atoms with Crippen LogP contribution in [0.4, 0.5) is 5.82 Å². The Morgan fingerprint density at radius 1 is 1.00 bits per heavy atom. The van der Waals surface area contributed by atoms with Gasteiger partial charge in [0.15, 0.2) is 5.82 Å². The molecule has 0 aliphatic rings. The van der Waals surface area contributed by atoms with Gasteiger partial charge in [0, 0.05) is 17.3 Å². The fourth-order valence-corrected chi connectivity index (χ4v) is 1.87. The zero-order valence-corrected chi connectivity index (χ0v) is 12.4. The molecule has 2 N–H and O–H groups in total. The molecule has 0 saturated carbocycles. The molecule has 1 aromatic carbocycles. The van der Waals surface area contributed by atoms with E-state index >= 15 is 0 Å². The minimum atomic E-state index is 0.164. The quantitative estimate of drug-likeness (QED) is 0.922. The largest absolute Gasteiger partial charge is 0.491 e. The van der Waals surface area contributed by atoms with Gasteiger partial charge in [-0.15, -0.1) is 0 Å². The summed E-state index contributed by atoms with van der Waals surface area (Å²) in [7, 11) is 0. The summed E-state index contributed by atoms with van der Waals surface area (Å²) in [6.07, 6.45) is 0.164. The van der Waals surface area contributed by atoms with E-state index in [2.05, 4.69) is 23.8 Å². The molecular weight excluding hydrogens is 250 g/mol. The molecule has 0 aliphatic carbocycles. The Kier molecular flexibility index (Phi) is 4.23. The first kappa shape index (κ1) is 14.3. The molecule has 0 saturated heterocycles. The van der Waals surface area contributed by atoms with Crippen molar-refractivity contribution in [2.75, 3.05) is 5.73 Å². The number of hydrogen-bond donors (Lipinski definition) is 1. The summed E-state index contributed by atoms with van der Waals surface area (Å²) in [4.78, 5) is 8.86. The van der Waals surface area contributed by atoms with Gasteiger partial charge >= 0.3 is 0 Å². The Morgan fingerprint density at radius 3 is 2.20 bits per heavy atom. The number of nitrogens with zero attached hydrogens (tertiary/aromatic N) is 2. The molecule has 0 bridgehead atoms. The molecule has 4 nitrogen and oxygen atoms in total. The van der Waals surface area contributed by atoms with E-state index in [1.165, 1.54) is 0 Å². The minimum Gasteiger partial charge on any atom is -0.491 e. The number of hydrogen-bond acceptors (Lipinski definition) is 4. The zero-order chi connectivity index (χ0) is 14.7. The zero-order valence-electron chi connectivity index (χ0n) is 12.4. The summed E-state index contributed by atoms with van der Waals surface area (Å²) in [6, 6.07) is 9.59. The smallest absolute Gasteiger partial charge is 0.161 e. The Hall–Kier alpha value is -2.10. The van der Waals surface area contributed by atoms with Crippen LogP contribution in [0, 0.1) is 0 Å². The molecule has 1 heterocycles. The van der Waals surface area contributed by atoms with Gasteiger partial charge in [-0.3, -0.25) is 0 Å². The van der Waals surface area contributed by atoms with Crippen molar-refractivity contribution in [1.29, 1.82) is 0 Å². The number of benzene rings is 1. The first-order valence-corrected chi connectivity index (χ1v) is 6.87. The van der Waals surface area contributed by atoms with Crippen LogP contribution in [0.25, 0.3) is 11.4 Å². The second-order valence-corrected chi connectivity index (χ2v) is 5.39.